The van der Waals surface area contributed by atoms with E-state index in [1.54, 1.807) is 0 Å². The summed E-state index contributed by atoms with van der Waals surface area (Å²) in [7, 11) is 0. The molecule has 2 rings (SSSR count). The van der Waals surface area contributed by atoms with Crippen LogP contribution in [-0.2, 0) is 0 Å². The molecule has 0 amide bonds. The third-order valence-electron chi connectivity index (χ3n) is 2.10. The normalized spacial score (nSPS) is 10.8. The van der Waals surface area contributed by atoms with Gasteiger partial charge in [-0.2, -0.15) is 0 Å². The van der Waals surface area contributed by atoms with Gasteiger partial charge in [0.05, 0.1) is 9.09 Å². The van der Waals surface area contributed by atoms with E-state index in [0.29, 0.717) is 0 Å². The average molecular weight is 364 g/mol. The number of nitrogens with one attached hydrogen (secondary N) is 1. The number of pyridine rings is 1. The van der Waals surface area contributed by atoms with E-state index in [-0.39, 0.29) is 5.43 Å². The lowest BCUT2D eigenvalue weighted by Crippen LogP contribution is -2.09. The molecule has 0 aliphatic carbocycles. The number of aromatic nitrogens is 1. The largest absolute Gasteiger partial charge is 0.357 e. The summed E-state index contributed by atoms with van der Waals surface area (Å²) in [4.78, 5) is 15.1. The van der Waals surface area contributed by atoms with Gasteiger partial charge in [-0.15, -0.1) is 0 Å². The predicted octanol–water partition coefficient (Wildman–Crippen LogP) is 3.20. The van der Waals surface area contributed by atoms with Gasteiger partial charge in [0, 0.05) is 15.6 Å². The molecule has 0 bridgehead atoms. The number of aryl methyl sites for hydroxylation is 1. The van der Waals surface area contributed by atoms with Crippen molar-refractivity contribution in [3.8, 4) is 0 Å². The second-order valence-electron chi connectivity index (χ2n) is 3.06. The van der Waals surface area contributed by atoms with Crippen LogP contribution in [0.2, 0.25) is 0 Å². The lowest BCUT2D eigenvalue weighted by Gasteiger charge is -2.04. The molecule has 14 heavy (non-hydrogen) atoms. The van der Waals surface area contributed by atoms with Crippen molar-refractivity contribution in [3.63, 3.8) is 0 Å². The number of hydrogen-bond acceptors (Lipinski definition) is 1. The maximum absolute atomic E-state index is 11.9. The highest BCUT2D eigenvalue weighted by Gasteiger charge is 2.07. The summed E-state index contributed by atoms with van der Waals surface area (Å²) < 4.78 is 1.68. The molecule has 0 atom stereocenters. The minimum absolute atomic E-state index is 0.0955. The molecule has 0 saturated heterocycles. The molecule has 2 aromatic rings. The number of para-hydroxylation sites is 1. The number of benzene rings is 1. The topological polar surface area (TPSA) is 32.9 Å². The first kappa shape index (κ1) is 10.2. The summed E-state index contributed by atoms with van der Waals surface area (Å²) in [5.74, 6) is 0. The Morgan fingerprint density at radius 1 is 1.43 bits per heavy atom. The van der Waals surface area contributed by atoms with E-state index in [2.05, 4.69) is 43.5 Å². The van der Waals surface area contributed by atoms with Gasteiger partial charge in [-0.3, -0.25) is 4.79 Å². The highest BCUT2D eigenvalue weighted by molar-refractivity contribution is 14.1. The van der Waals surface area contributed by atoms with Crippen LogP contribution in [0, 0.1) is 10.5 Å². The zero-order valence-electron chi connectivity index (χ0n) is 7.40. The van der Waals surface area contributed by atoms with Crippen LogP contribution in [0.1, 0.15) is 5.69 Å². The molecule has 1 N–H and O–H groups in total. The number of aromatic amines is 1. The molecule has 1 aromatic heterocycles. The Morgan fingerprint density at radius 2 is 2.14 bits per heavy atom. The summed E-state index contributed by atoms with van der Waals surface area (Å²) in [6.45, 7) is 1.90. The molecule has 4 heteroatoms. The van der Waals surface area contributed by atoms with Gasteiger partial charge in [-0.05, 0) is 57.6 Å². The zero-order chi connectivity index (χ0) is 10.3. The fourth-order valence-corrected chi connectivity index (χ4v) is 2.26. The van der Waals surface area contributed by atoms with Crippen LogP contribution in [-0.4, -0.2) is 4.98 Å². The fourth-order valence-electron chi connectivity index (χ4n) is 1.37. The second kappa shape index (κ2) is 3.66. The minimum atomic E-state index is 0.0955. The predicted molar refractivity (Wildman–Crippen MR) is 69.7 cm³/mol. The molecule has 0 radical (unpaired) electrons. The van der Waals surface area contributed by atoms with Gasteiger partial charge in [-0.1, -0.05) is 6.07 Å². The van der Waals surface area contributed by atoms with Gasteiger partial charge < -0.3 is 4.98 Å². The average Bonchev–Trinajstić information content (AvgIpc) is 2.17. The lowest BCUT2D eigenvalue weighted by molar-refractivity contribution is 1.21. The van der Waals surface area contributed by atoms with E-state index < -0.39 is 0 Å². The van der Waals surface area contributed by atoms with Gasteiger partial charge >= 0.3 is 0 Å². The Hall–Kier alpha value is -0.360. The lowest BCUT2D eigenvalue weighted by atomic mass is 10.2. The molecule has 0 fully saturated rings. The van der Waals surface area contributed by atoms with Crippen molar-refractivity contribution in [2.75, 3.05) is 0 Å². The number of fused-ring (bicyclic) bond motifs is 1. The van der Waals surface area contributed by atoms with Gasteiger partial charge in [0.15, 0.2) is 0 Å². The molecule has 0 aliphatic rings. The summed E-state index contributed by atoms with van der Waals surface area (Å²) in [5, 5.41) is 0.731. The van der Waals surface area contributed by atoms with Crippen molar-refractivity contribution in [2.45, 2.75) is 6.92 Å². The van der Waals surface area contributed by atoms with Crippen molar-refractivity contribution in [1.82, 2.24) is 4.98 Å². The highest BCUT2D eigenvalue weighted by Crippen LogP contribution is 2.21. The van der Waals surface area contributed by atoms with Crippen molar-refractivity contribution >= 4 is 49.4 Å². The Labute approximate surface area is 103 Å². The third-order valence-corrected chi connectivity index (χ3v) is 4.06. The Balaban J connectivity index is 3.06. The highest BCUT2D eigenvalue weighted by atomic mass is 127. The van der Waals surface area contributed by atoms with Crippen LogP contribution in [0.3, 0.4) is 0 Å². The van der Waals surface area contributed by atoms with Gasteiger partial charge in [0.1, 0.15) is 0 Å². The number of hydrogen-bond donors (Lipinski definition) is 1. The Morgan fingerprint density at radius 3 is 2.86 bits per heavy atom. The van der Waals surface area contributed by atoms with Gasteiger partial charge in [0.25, 0.3) is 0 Å². The first-order chi connectivity index (χ1) is 6.61. The smallest absolute Gasteiger partial charge is 0.202 e. The molecule has 0 spiro atoms. The van der Waals surface area contributed by atoms with E-state index in [4.69, 9.17) is 0 Å². The van der Waals surface area contributed by atoms with Crippen molar-refractivity contribution in [1.29, 1.82) is 0 Å². The SMILES string of the molecule is Cc1[nH]c2c(Br)cccc2c(=O)c1I. The Kier molecular flexibility index (Phi) is 2.66. The van der Waals surface area contributed by atoms with Crippen LogP contribution >= 0.6 is 38.5 Å². The molecule has 0 saturated carbocycles. The van der Waals surface area contributed by atoms with Crippen LogP contribution in [0.15, 0.2) is 27.5 Å². The summed E-state index contributed by atoms with van der Waals surface area (Å²) >= 11 is 5.49. The summed E-state index contributed by atoms with van der Waals surface area (Å²) in [5.41, 5.74) is 1.88. The maximum atomic E-state index is 11.9. The molecule has 1 heterocycles. The minimum Gasteiger partial charge on any atom is -0.357 e. The number of rotatable bonds is 0. The molecule has 0 aliphatic heterocycles. The van der Waals surface area contributed by atoms with Crippen LogP contribution in [0.5, 0.6) is 0 Å². The molecule has 72 valence electrons. The third kappa shape index (κ3) is 1.50. The molecular weight excluding hydrogens is 357 g/mol. The number of halogens is 2. The molecule has 0 unspecified atom stereocenters. The van der Waals surface area contributed by atoms with E-state index in [0.717, 1.165) is 24.6 Å². The van der Waals surface area contributed by atoms with Crippen LogP contribution < -0.4 is 5.43 Å². The molecule has 2 nitrogen and oxygen atoms in total. The number of H-pyrrole nitrogens is 1. The standard InChI is InChI=1S/C10H7BrINO/c1-5-8(12)10(14)6-3-2-4-7(11)9(6)13-5/h2-4H,1H3,(H,13,14). The van der Waals surface area contributed by atoms with Gasteiger partial charge in [0.2, 0.25) is 5.43 Å². The van der Waals surface area contributed by atoms with Crippen molar-refractivity contribution in [2.24, 2.45) is 0 Å². The van der Waals surface area contributed by atoms with E-state index in [1.165, 1.54) is 0 Å². The monoisotopic (exact) mass is 363 g/mol. The fraction of sp³-hybridized carbons (Fsp3) is 0.100. The van der Waals surface area contributed by atoms with Crippen molar-refractivity contribution in [3.05, 3.63) is 42.2 Å². The second-order valence-corrected chi connectivity index (χ2v) is 4.99. The maximum Gasteiger partial charge on any atom is 0.202 e. The van der Waals surface area contributed by atoms with Crippen LogP contribution in [0.25, 0.3) is 10.9 Å². The quantitative estimate of drug-likeness (QED) is 0.716. The van der Waals surface area contributed by atoms with E-state index in [9.17, 15) is 4.79 Å². The first-order valence-corrected chi connectivity index (χ1v) is 5.95. The Bertz CT molecular complexity index is 562. The van der Waals surface area contributed by atoms with Crippen LogP contribution in [0.4, 0.5) is 0 Å². The molecular formula is C10H7BrINO. The zero-order valence-corrected chi connectivity index (χ0v) is 11.1. The first-order valence-electron chi connectivity index (χ1n) is 4.08. The van der Waals surface area contributed by atoms with E-state index in [1.807, 2.05) is 25.1 Å². The van der Waals surface area contributed by atoms with E-state index >= 15 is 0 Å². The van der Waals surface area contributed by atoms with Crippen molar-refractivity contribution < 1.29 is 0 Å². The summed E-state index contributed by atoms with van der Waals surface area (Å²) in [6, 6.07) is 5.62. The molecule has 1 aromatic carbocycles. The summed E-state index contributed by atoms with van der Waals surface area (Å²) in [6.07, 6.45) is 0. The van der Waals surface area contributed by atoms with Gasteiger partial charge in [-0.25, -0.2) is 0 Å².